The van der Waals surface area contributed by atoms with Crippen LogP contribution in [0, 0.1) is 11.7 Å². The first-order chi connectivity index (χ1) is 11.7. The van der Waals surface area contributed by atoms with Gasteiger partial charge in [-0.2, -0.15) is 5.10 Å². The molecule has 0 saturated carbocycles. The number of aryl methyl sites for hydroxylation is 1. The third-order valence-corrected chi connectivity index (χ3v) is 4.81. The molecule has 0 aliphatic heterocycles. The van der Waals surface area contributed by atoms with Gasteiger partial charge in [0.25, 0.3) is 0 Å². The Morgan fingerprint density at radius 3 is 3.25 bits per heavy atom. The van der Waals surface area contributed by atoms with E-state index in [4.69, 9.17) is 0 Å². The molecule has 1 aliphatic rings. The molecule has 124 valence electrons. The van der Waals surface area contributed by atoms with Crippen LogP contribution in [-0.2, 0) is 24.1 Å². The summed E-state index contributed by atoms with van der Waals surface area (Å²) >= 11 is 0. The predicted molar refractivity (Wildman–Crippen MR) is 89.1 cm³/mol. The molecule has 6 heteroatoms. The second-order valence-corrected chi connectivity index (χ2v) is 6.36. The first-order valence-corrected chi connectivity index (χ1v) is 8.25. The number of hydrogen-bond acceptors (Lipinski definition) is 2. The summed E-state index contributed by atoms with van der Waals surface area (Å²) in [7, 11) is 0. The Morgan fingerprint density at radius 2 is 2.33 bits per heavy atom. The van der Waals surface area contributed by atoms with Crippen LogP contribution in [0.5, 0.6) is 0 Å². The zero-order valence-corrected chi connectivity index (χ0v) is 13.2. The lowest BCUT2D eigenvalue weighted by Crippen LogP contribution is -2.35. The van der Waals surface area contributed by atoms with Crippen LogP contribution in [0.15, 0.2) is 30.6 Å². The maximum absolute atomic E-state index is 13.4. The number of nitrogens with one attached hydrogen (secondary N) is 3. The summed E-state index contributed by atoms with van der Waals surface area (Å²) in [6.45, 7) is 0.550. The van der Waals surface area contributed by atoms with E-state index in [1.807, 2.05) is 12.4 Å². The van der Waals surface area contributed by atoms with Crippen LogP contribution in [0.3, 0.4) is 0 Å². The Balaban J connectivity index is 1.35. The maximum atomic E-state index is 13.4. The highest BCUT2D eigenvalue weighted by molar-refractivity contribution is 5.83. The minimum absolute atomic E-state index is 0.00152. The molecule has 24 heavy (non-hydrogen) atoms. The smallest absolute Gasteiger partial charge is 0.223 e. The lowest BCUT2D eigenvalue weighted by Gasteiger charge is -2.20. The average molecular weight is 326 g/mol. The van der Waals surface area contributed by atoms with Gasteiger partial charge in [0.15, 0.2) is 0 Å². The van der Waals surface area contributed by atoms with Crippen molar-refractivity contribution in [3.8, 4) is 0 Å². The van der Waals surface area contributed by atoms with Gasteiger partial charge in [0.2, 0.25) is 5.91 Å². The lowest BCUT2D eigenvalue weighted by atomic mass is 9.87. The molecule has 2 heterocycles. The Morgan fingerprint density at radius 1 is 1.42 bits per heavy atom. The SMILES string of the molecule is O=C(NCCc1c[nH]c2ccc(F)cc12)C1CCc2cn[nH]c2C1. The molecule has 1 atom stereocenters. The summed E-state index contributed by atoms with van der Waals surface area (Å²) in [5, 5.41) is 10.9. The first-order valence-electron chi connectivity index (χ1n) is 8.25. The predicted octanol–water partition coefficient (Wildman–Crippen LogP) is 2.49. The molecule has 0 spiro atoms. The number of carbonyl (C=O) groups is 1. The highest BCUT2D eigenvalue weighted by atomic mass is 19.1. The highest BCUT2D eigenvalue weighted by Gasteiger charge is 2.25. The quantitative estimate of drug-likeness (QED) is 0.689. The third-order valence-electron chi connectivity index (χ3n) is 4.81. The van der Waals surface area contributed by atoms with Gasteiger partial charge in [0.1, 0.15) is 5.82 Å². The molecule has 1 amide bonds. The second kappa shape index (κ2) is 6.11. The molecule has 0 saturated heterocycles. The van der Waals surface area contributed by atoms with Crippen molar-refractivity contribution in [2.24, 2.45) is 5.92 Å². The van der Waals surface area contributed by atoms with Crippen LogP contribution in [0.1, 0.15) is 23.2 Å². The Labute approximate surface area is 138 Å². The van der Waals surface area contributed by atoms with Crippen molar-refractivity contribution in [3.63, 3.8) is 0 Å². The zero-order valence-electron chi connectivity index (χ0n) is 13.2. The number of hydrogen-bond donors (Lipinski definition) is 3. The molecule has 1 aliphatic carbocycles. The van der Waals surface area contributed by atoms with Crippen molar-refractivity contribution in [1.29, 1.82) is 0 Å². The van der Waals surface area contributed by atoms with Gasteiger partial charge >= 0.3 is 0 Å². The summed E-state index contributed by atoms with van der Waals surface area (Å²) in [6, 6.07) is 4.71. The van der Waals surface area contributed by atoms with Crippen molar-refractivity contribution in [1.82, 2.24) is 20.5 Å². The number of aromatic nitrogens is 3. The van der Waals surface area contributed by atoms with Crippen LogP contribution in [0.4, 0.5) is 4.39 Å². The van der Waals surface area contributed by atoms with E-state index < -0.39 is 0 Å². The van der Waals surface area contributed by atoms with Crippen molar-refractivity contribution in [2.75, 3.05) is 6.54 Å². The highest BCUT2D eigenvalue weighted by Crippen LogP contribution is 2.24. The Bertz CT molecular complexity index is 882. The van der Waals surface area contributed by atoms with Crippen molar-refractivity contribution in [2.45, 2.75) is 25.7 Å². The van der Waals surface area contributed by atoms with Gasteiger partial charge in [-0.1, -0.05) is 0 Å². The standard InChI is InChI=1S/C18H19FN4O/c19-14-3-4-16-15(8-14)12(9-21-16)5-6-20-18(24)11-1-2-13-10-22-23-17(13)7-11/h3-4,8-11,21H,1-2,5-7H2,(H,20,24)(H,22,23). The van der Waals surface area contributed by atoms with E-state index in [-0.39, 0.29) is 17.6 Å². The number of benzene rings is 1. The zero-order chi connectivity index (χ0) is 16.5. The number of fused-ring (bicyclic) bond motifs is 2. The van der Waals surface area contributed by atoms with Gasteiger partial charge in [-0.3, -0.25) is 9.89 Å². The molecule has 3 aromatic rings. The van der Waals surface area contributed by atoms with Crippen LogP contribution in [-0.4, -0.2) is 27.6 Å². The Kier molecular flexibility index (Phi) is 3.80. The summed E-state index contributed by atoms with van der Waals surface area (Å²) in [5.41, 5.74) is 4.23. The van der Waals surface area contributed by atoms with Crippen LogP contribution >= 0.6 is 0 Å². The summed E-state index contributed by atoms with van der Waals surface area (Å²) in [4.78, 5) is 15.5. The minimum Gasteiger partial charge on any atom is -0.361 e. The van der Waals surface area contributed by atoms with E-state index in [2.05, 4.69) is 20.5 Å². The van der Waals surface area contributed by atoms with E-state index in [9.17, 15) is 9.18 Å². The van der Waals surface area contributed by atoms with E-state index in [0.717, 1.165) is 41.4 Å². The molecule has 2 aromatic heterocycles. The number of halogens is 1. The summed E-state index contributed by atoms with van der Waals surface area (Å²) in [6.07, 6.45) is 6.88. The average Bonchev–Trinajstić information content (AvgIpc) is 3.20. The van der Waals surface area contributed by atoms with E-state index in [1.165, 1.54) is 17.7 Å². The third kappa shape index (κ3) is 2.79. The maximum Gasteiger partial charge on any atom is 0.223 e. The van der Waals surface area contributed by atoms with Crippen molar-refractivity contribution >= 4 is 16.8 Å². The van der Waals surface area contributed by atoms with Gasteiger partial charge in [-0.15, -0.1) is 0 Å². The number of H-pyrrole nitrogens is 2. The molecular formula is C18H19FN4O. The van der Waals surface area contributed by atoms with Crippen LogP contribution < -0.4 is 5.32 Å². The fourth-order valence-electron chi connectivity index (χ4n) is 3.45. The van der Waals surface area contributed by atoms with Crippen molar-refractivity contribution in [3.05, 3.63) is 53.2 Å². The first kappa shape index (κ1) is 14.9. The molecular weight excluding hydrogens is 307 g/mol. The molecule has 1 aromatic carbocycles. The number of rotatable bonds is 4. The number of amides is 1. The fraction of sp³-hybridized carbons (Fsp3) is 0.333. The Hall–Kier alpha value is -2.63. The molecule has 4 rings (SSSR count). The lowest BCUT2D eigenvalue weighted by molar-refractivity contribution is -0.125. The molecule has 0 fully saturated rings. The summed E-state index contributed by atoms with van der Waals surface area (Å²) < 4.78 is 13.4. The largest absolute Gasteiger partial charge is 0.361 e. The normalized spacial score (nSPS) is 17.0. The number of nitrogens with zero attached hydrogens (tertiary/aromatic N) is 1. The fourth-order valence-corrected chi connectivity index (χ4v) is 3.45. The van der Waals surface area contributed by atoms with Crippen molar-refractivity contribution < 1.29 is 9.18 Å². The van der Waals surface area contributed by atoms with Gasteiger partial charge in [0.05, 0.1) is 6.20 Å². The second-order valence-electron chi connectivity index (χ2n) is 6.36. The number of aromatic amines is 2. The molecule has 3 N–H and O–H groups in total. The molecule has 5 nitrogen and oxygen atoms in total. The van der Waals surface area contributed by atoms with Crippen LogP contribution in [0.2, 0.25) is 0 Å². The molecule has 1 unspecified atom stereocenters. The summed E-state index contributed by atoms with van der Waals surface area (Å²) in [5.74, 6) is -0.162. The van der Waals surface area contributed by atoms with Gasteiger partial charge < -0.3 is 10.3 Å². The van der Waals surface area contributed by atoms with E-state index in [0.29, 0.717) is 13.0 Å². The number of carbonyl (C=O) groups excluding carboxylic acids is 1. The monoisotopic (exact) mass is 326 g/mol. The molecule has 0 bridgehead atoms. The van der Waals surface area contributed by atoms with Gasteiger partial charge in [-0.05, 0) is 48.6 Å². The van der Waals surface area contributed by atoms with E-state index >= 15 is 0 Å². The van der Waals surface area contributed by atoms with Gasteiger partial charge in [-0.25, -0.2) is 4.39 Å². The van der Waals surface area contributed by atoms with Gasteiger partial charge in [0, 0.05) is 41.7 Å². The minimum atomic E-state index is -0.245. The van der Waals surface area contributed by atoms with Crippen LogP contribution in [0.25, 0.3) is 10.9 Å². The topological polar surface area (TPSA) is 73.6 Å². The van der Waals surface area contributed by atoms with E-state index in [1.54, 1.807) is 6.07 Å². The molecule has 0 radical (unpaired) electrons.